The Balaban J connectivity index is 1.32. The van der Waals surface area contributed by atoms with Crippen LogP contribution in [0.5, 0.6) is 0 Å². The molecule has 1 aliphatic rings. The summed E-state index contributed by atoms with van der Waals surface area (Å²) in [5.74, 6) is 0.226. The number of fused-ring (bicyclic) bond motifs is 1. The highest BCUT2D eigenvalue weighted by Gasteiger charge is 2.25. The summed E-state index contributed by atoms with van der Waals surface area (Å²) in [5.41, 5.74) is 2.32. The van der Waals surface area contributed by atoms with Crippen LogP contribution in [0.2, 0.25) is 0 Å². The zero-order chi connectivity index (χ0) is 17.8. The number of thiazole rings is 1. The summed E-state index contributed by atoms with van der Waals surface area (Å²) in [6.07, 6.45) is 2.04. The van der Waals surface area contributed by atoms with Crippen LogP contribution in [0.1, 0.15) is 23.4 Å². The number of nitrogens with one attached hydrogen (secondary N) is 1. The predicted octanol–water partition coefficient (Wildman–Crippen LogP) is 3.82. The van der Waals surface area contributed by atoms with Crippen LogP contribution in [0.15, 0.2) is 54.6 Å². The third-order valence-electron chi connectivity index (χ3n) is 4.88. The molecule has 1 fully saturated rings. The SMILES string of the molecule is O=C(NCc1nc2ccccc2s1)C1CCCN(Cc2ccccc2)C1. The lowest BCUT2D eigenvalue weighted by Crippen LogP contribution is -2.42. The first-order chi connectivity index (χ1) is 12.8. The summed E-state index contributed by atoms with van der Waals surface area (Å²) in [6, 6.07) is 18.6. The molecule has 4 rings (SSSR count). The topological polar surface area (TPSA) is 45.2 Å². The molecule has 0 radical (unpaired) electrons. The number of piperidine rings is 1. The van der Waals surface area contributed by atoms with Crippen molar-refractivity contribution in [1.29, 1.82) is 0 Å². The molecule has 0 spiro atoms. The largest absolute Gasteiger partial charge is 0.349 e. The van der Waals surface area contributed by atoms with Gasteiger partial charge in [-0.3, -0.25) is 9.69 Å². The minimum absolute atomic E-state index is 0.0711. The highest BCUT2D eigenvalue weighted by molar-refractivity contribution is 7.18. The van der Waals surface area contributed by atoms with E-state index in [0.29, 0.717) is 6.54 Å². The molecule has 4 nitrogen and oxygen atoms in total. The molecule has 2 heterocycles. The molecule has 1 aliphatic heterocycles. The number of likely N-dealkylation sites (tertiary alicyclic amines) is 1. The highest BCUT2D eigenvalue weighted by Crippen LogP contribution is 2.22. The number of carbonyl (C=O) groups excluding carboxylic acids is 1. The van der Waals surface area contributed by atoms with E-state index in [-0.39, 0.29) is 11.8 Å². The van der Waals surface area contributed by atoms with Gasteiger partial charge >= 0.3 is 0 Å². The van der Waals surface area contributed by atoms with Gasteiger partial charge in [-0.05, 0) is 37.1 Å². The van der Waals surface area contributed by atoms with E-state index < -0.39 is 0 Å². The lowest BCUT2D eigenvalue weighted by atomic mass is 9.96. The molecule has 0 saturated carbocycles. The van der Waals surface area contributed by atoms with Gasteiger partial charge in [0.2, 0.25) is 5.91 Å². The van der Waals surface area contributed by atoms with Crippen molar-refractivity contribution in [1.82, 2.24) is 15.2 Å². The van der Waals surface area contributed by atoms with Gasteiger partial charge in [0.15, 0.2) is 0 Å². The van der Waals surface area contributed by atoms with Crippen LogP contribution in [0.4, 0.5) is 0 Å². The van der Waals surface area contributed by atoms with Crippen LogP contribution in [0.3, 0.4) is 0 Å². The molecule has 1 unspecified atom stereocenters. The molecule has 1 N–H and O–H groups in total. The molecule has 1 atom stereocenters. The Bertz CT molecular complexity index is 844. The fraction of sp³-hybridized carbons (Fsp3) is 0.333. The Morgan fingerprint density at radius 1 is 1.15 bits per heavy atom. The molecular formula is C21H23N3OS. The Hall–Kier alpha value is -2.24. The van der Waals surface area contributed by atoms with Gasteiger partial charge in [0.25, 0.3) is 0 Å². The van der Waals surface area contributed by atoms with E-state index in [1.807, 2.05) is 24.3 Å². The number of benzene rings is 2. The van der Waals surface area contributed by atoms with Crippen molar-refractivity contribution in [2.24, 2.45) is 5.92 Å². The number of hydrogen-bond donors (Lipinski definition) is 1. The summed E-state index contributed by atoms with van der Waals surface area (Å²) < 4.78 is 1.17. The van der Waals surface area contributed by atoms with E-state index in [1.54, 1.807) is 11.3 Å². The molecule has 3 aromatic rings. The third-order valence-corrected chi connectivity index (χ3v) is 5.91. The minimum Gasteiger partial charge on any atom is -0.349 e. The first kappa shape index (κ1) is 17.2. The summed E-state index contributed by atoms with van der Waals surface area (Å²) in [4.78, 5) is 19.6. The number of aromatic nitrogens is 1. The van der Waals surface area contributed by atoms with Crippen molar-refractivity contribution in [2.75, 3.05) is 13.1 Å². The van der Waals surface area contributed by atoms with E-state index in [1.165, 1.54) is 10.3 Å². The van der Waals surface area contributed by atoms with Crippen molar-refractivity contribution in [2.45, 2.75) is 25.9 Å². The van der Waals surface area contributed by atoms with Crippen molar-refractivity contribution in [3.63, 3.8) is 0 Å². The second-order valence-electron chi connectivity index (χ2n) is 6.85. The van der Waals surface area contributed by atoms with E-state index in [4.69, 9.17) is 0 Å². The quantitative estimate of drug-likeness (QED) is 0.747. The number of nitrogens with zero attached hydrogens (tertiary/aromatic N) is 2. The molecule has 1 aromatic heterocycles. The maximum atomic E-state index is 12.6. The zero-order valence-electron chi connectivity index (χ0n) is 14.7. The fourth-order valence-corrected chi connectivity index (χ4v) is 4.46. The summed E-state index contributed by atoms with van der Waals surface area (Å²) in [6.45, 7) is 3.34. The van der Waals surface area contributed by atoms with Gasteiger partial charge in [0, 0.05) is 13.1 Å². The monoisotopic (exact) mass is 365 g/mol. The van der Waals surface area contributed by atoms with Gasteiger partial charge in [0.1, 0.15) is 5.01 Å². The molecule has 1 saturated heterocycles. The smallest absolute Gasteiger partial charge is 0.224 e. The average molecular weight is 366 g/mol. The summed E-state index contributed by atoms with van der Waals surface area (Å²) >= 11 is 1.65. The Kier molecular flexibility index (Phi) is 5.27. The normalized spacial score (nSPS) is 18.1. The lowest BCUT2D eigenvalue weighted by molar-refractivity contribution is -0.126. The zero-order valence-corrected chi connectivity index (χ0v) is 15.5. The van der Waals surface area contributed by atoms with Crippen molar-refractivity contribution in [3.8, 4) is 0 Å². The van der Waals surface area contributed by atoms with Crippen LogP contribution in [0, 0.1) is 5.92 Å². The van der Waals surface area contributed by atoms with Gasteiger partial charge in [-0.25, -0.2) is 4.98 Å². The minimum atomic E-state index is 0.0711. The maximum Gasteiger partial charge on any atom is 0.224 e. The van der Waals surface area contributed by atoms with E-state index in [2.05, 4.69) is 45.5 Å². The summed E-state index contributed by atoms with van der Waals surface area (Å²) in [7, 11) is 0. The summed E-state index contributed by atoms with van der Waals surface area (Å²) in [5, 5.41) is 4.07. The first-order valence-corrected chi connectivity index (χ1v) is 9.98. The Labute approximate surface area is 157 Å². The standard InChI is InChI=1S/C21H23N3OS/c25-21(22-13-20-23-18-10-4-5-11-19(18)26-20)17-9-6-12-24(15-17)14-16-7-2-1-3-8-16/h1-5,7-8,10-11,17H,6,9,12-15H2,(H,22,25). The first-order valence-electron chi connectivity index (χ1n) is 9.16. The van der Waals surface area contributed by atoms with E-state index in [0.717, 1.165) is 43.0 Å². The van der Waals surface area contributed by atoms with Crippen LogP contribution in [0.25, 0.3) is 10.2 Å². The molecule has 0 bridgehead atoms. The number of rotatable bonds is 5. The van der Waals surface area contributed by atoms with Crippen molar-refractivity contribution >= 4 is 27.5 Å². The lowest BCUT2D eigenvalue weighted by Gasteiger charge is -2.32. The molecule has 1 amide bonds. The number of hydrogen-bond acceptors (Lipinski definition) is 4. The van der Waals surface area contributed by atoms with Crippen molar-refractivity contribution in [3.05, 3.63) is 65.2 Å². The molecule has 26 heavy (non-hydrogen) atoms. The number of carbonyl (C=O) groups is 1. The molecule has 5 heteroatoms. The van der Waals surface area contributed by atoms with Crippen LogP contribution < -0.4 is 5.32 Å². The van der Waals surface area contributed by atoms with Crippen molar-refractivity contribution < 1.29 is 4.79 Å². The Morgan fingerprint density at radius 2 is 1.96 bits per heavy atom. The van der Waals surface area contributed by atoms with Gasteiger partial charge in [-0.15, -0.1) is 11.3 Å². The molecule has 134 valence electrons. The van der Waals surface area contributed by atoms with Gasteiger partial charge < -0.3 is 5.32 Å². The van der Waals surface area contributed by atoms with Gasteiger partial charge in [0.05, 0.1) is 22.7 Å². The maximum absolute atomic E-state index is 12.6. The predicted molar refractivity (Wildman–Crippen MR) is 106 cm³/mol. The molecule has 0 aliphatic carbocycles. The fourth-order valence-electron chi connectivity index (χ4n) is 3.56. The highest BCUT2D eigenvalue weighted by atomic mass is 32.1. The molecular weight excluding hydrogens is 342 g/mol. The van der Waals surface area contributed by atoms with Crippen LogP contribution in [-0.2, 0) is 17.9 Å². The molecule has 2 aromatic carbocycles. The average Bonchev–Trinajstić information content (AvgIpc) is 3.10. The van der Waals surface area contributed by atoms with Gasteiger partial charge in [-0.2, -0.15) is 0 Å². The number of amides is 1. The van der Waals surface area contributed by atoms with E-state index in [9.17, 15) is 4.79 Å². The second-order valence-corrected chi connectivity index (χ2v) is 7.97. The van der Waals surface area contributed by atoms with Gasteiger partial charge in [-0.1, -0.05) is 42.5 Å². The van der Waals surface area contributed by atoms with E-state index >= 15 is 0 Å². The van der Waals surface area contributed by atoms with Crippen LogP contribution >= 0.6 is 11.3 Å². The van der Waals surface area contributed by atoms with Crippen LogP contribution in [-0.4, -0.2) is 28.9 Å². The number of para-hydroxylation sites is 1. The third kappa shape index (κ3) is 4.11. The second kappa shape index (κ2) is 7.98. The Morgan fingerprint density at radius 3 is 2.81 bits per heavy atom.